The van der Waals surface area contributed by atoms with Crippen LogP contribution < -0.4 is 10.6 Å². The minimum atomic E-state index is 0. The van der Waals surface area contributed by atoms with Crippen molar-refractivity contribution in [3.05, 3.63) is 0 Å². The number of likely N-dealkylation sites (N-methyl/N-ethyl adjacent to an activating group) is 1. The third-order valence-electron chi connectivity index (χ3n) is 3.99. The van der Waals surface area contributed by atoms with Crippen molar-refractivity contribution in [3.8, 4) is 0 Å². The lowest BCUT2D eigenvalue weighted by atomic mass is 9.89. The first kappa shape index (κ1) is 21.9. The molecule has 1 fully saturated rings. The van der Waals surface area contributed by atoms with Gasteiger partial charge in [0.25, 0.3) is 0 Å². The van der Waals surface area contributed by atoms with Crippen LogP contribution in [-0.4, -0.2) is 76.6 Å². The van der Waals surface area contributed by atoms with E-state index in [2.05, 4.69) is 36.6 Å². The number of rotatable bonds is 8. The average molecular weight is 428 g/mol. The molecule has 0 aliphatic carbocycles. The van der Waals surface area contributed by atoms with Crippen molar-refractivity contribution in [1.29, 1.82) is 0 Å². The fraction of sp³-hybridized carbons (Fsp3) is 0.933. The van der Waals surface area contributed by atoms with Gasteiger partial charge in [0.15, 0.2) is 5.96 Å². The van der Waals surface area contributed by atoms with Crippen molar-refractivity contribution in [2.75, 3.05) is 60.2 Å². The Balaban J connectivity index is 0.00000441. The van der Waals surface area contributed by atoms with Gasteiger partial charge in [-0.05, 0) is 40.8 Å². The Labute approximate surface area is 152 Å². The van der Waals surface area contributed by atoms with E-state index in [1.54, 1.807) is 0 Å². The first-order valence-corrected chi connectivity index (χ1v) is 7.99. The normalized spacial score (nSPS) is 18.0. The molecule has 0 aromatic carbocycles. The molecule has 0 aromatic rings. The van der Waals surface area contributed by atoms with Crippen LogP contribution in [0.3, 0.4) is 0 Å². The molecular formula is C15H33IN4O2. The quantitative estimate of drug-likeness (QED) is 0.264. The van der Waals surface area contributed by atoms with Crippen LogP contribution in [-0.2, 0) is 9.47 Å². The van der Waals surface area contributed by atoms with E-state index in [1.165, 1.54) is 0 Å². The molecule has 22 heavy (non-hydrogen) atoms. The Morgan fingerprint density at radius 3 is 2.45 bits per heavy atom. The van der Waals surface area contributed by atoms with Crippen LogP contribution in [0.5, 0.6) is 0 Å². The monoisotopic (exact) mass is 428 g/mol. The predicted molar refractivity (Wildman–Crippen MR) is 102 cm³/mol. The Bertz CT molecular complexity index is 308. The molecule has 7 heteroatoms. The molecule has 1 aliphatic rings. The molecule has 1 saturated heterocycles. The molecule has 1 aliphatic heterocycles. The maximum Gasteiger partial charge on any atom is 0.191 e. The first-order chi connectivity index (χ1) is 10.1. The highest BCUT2D eigenvalue weighted by atomic mass is 127. The smallest absolute Gasteiger partial charge is 0.191 e. The van der Waals surface area contributed by atoms with Crippen LogP contribution in [0.25, 0.3) is 0 Å². The van der Waals surface area contributed by atoms with Gasteiger partial charge in [-0.1, -0.05) is 0 Å². The summed E-state index contributed by atoms with van der Waals surface area (Å²) in [5.41, 5.74) is 0.112. The second-order valence-corrected chi connectivity index (χ2v) is 5.55. The van der Waals surface area contributed by atoms with Crippen molar-refractivity contribution in [1.82, 2.24) is 15.5 Å². The molecule has 0 radical (unpaired) electrons. The molecule has 0 saturated carbocycles. The number of halogens is 1. The van der Waals surface area contributed by atoms with Crippen molar-refractivity contribution in [2.24, 2.45) is 4.99 Å². The van der Waals surface area contributed by atoms with Gasteiger partial charge < -0.3 is 25.0 Å². The number of guanidine groups is 1. The molecular weight excluding hydrogens is 395 g/mol. The minimum Gasteiger partial charge on any atom is -0.381 e. The zero-order valence-corrected chi connectivity index (χ0v) is 16.8. The van der Waals surface area contributed by atoms with Gasteiger partial charge in [0.2, 0.25) is 0 Å². The first-order valence-electron chi connectivity index (χ1n) is 7.99. The van der Waals surface area contributed by atoms with Crippen molar-refractivity contribution in [2.45, 2.75) is 32.2 Å². The molecule has 0 bridgehead atoms. The molecule has 0 aromatic heterocycles. The van der Waals surface area contributed by atoms with Crippen molar-refractivity contribution < 1.29 is 9.47 Å². The highest BCUT2D eigenvalue weighted by Crippen LogP contribution is 2.26. The van der Waals surface area contributed by atoms with E-state index < -0.39 is 0 Å². The summed E-state index contributed by atoms with van der Waals surface area (Å²) in [6.45, 7) is 9.60. The van der Waals surface area contributed by atoms with Gasteiger partial charge in [-0.15, -0.1) is 24.0 Å². The van der Waals surface area contributed by atoms with Crippen LogP contribution in [0.15, 0.2) is 4.99 Å². The lowest BCUT2D eigenvalue weighted by molar-refractivity contribution is -0.00255. The van der Waals surface area contributed by atoms with Gasteiger partial charge in [-0.2, -0.15) is 0 Å². The summed E-state index contributed by atoms with van der Waals surface area (Å²) < 4.78 is 10.8. The molecule has 0 amide bonds. The van der Waals surface area contributed by atoms with E-state index in [1.807, 2.05) is 6.92 Å². The standard InChI is InChI=1S/C15H32N4O2.HI/c1-5-16-14(17-9-12-20-6-2)18-13-15(19(3)4)7-10-21-11-8-15;/h5-13H2,1-4H3,(H2,16,17,18);1H. The van der Waals surface area contributed by atoms with E-state index in [0.29, 0.717) is 6.61 Å². The highest BCUT2D eigenvalue weighted by Gasteiger charge is 2.34. The molecule has 132 valence electrons. The van der Waals surface area contributed by atoms with E-state index in [0.717, 1.165) is 58.3 Å². The van der Waals surface area contributed by atoms with Gasteiger partial charge >= 0.3 is 0 Å². The maximum atomic E-state index is 5.50. The van der Waals surface area contributed by atoms with Crippen LogP contribution in [0, 0.1) is 0 Å². The molecule has 6 nitrogen and oxygen atoms in total. The lowest BCUT2D eigenvalue weighted by Crippen LogP contribution is -2.51. The fourth-order valence-corrected chi connectivity index (χ4v) is 2.45. The van der Waals surface area contributed by atoms with Crippen molar-refractivity contribution in [3.63, 3.8) is 0 Å². The molecule has 1 rings (SSSR count). The predicted octanol–water partition coefficient (Wildman–Crippen LogP) is 1.31. The van der Waals surface area contributed by atoms with Crippen LogP contribution in [0.1, 0.15) is 26.7 Å². The maximum absolute atomic E-state index is 5.50. The Hall–Kier alpha value is -0.120. The van der Waals surface area contributed by atoms with Gasteiger partial charge in [-0.3, -0.25) is 4.99 Å². The fourth-order valence-electron chi connectivity index (χ4n) is 2.45. The summed E-state index contributed by atoms with van der Waals surface area (Å²) in [6, 6.07) is 0. The SMILES string of the molecule is CCNC(=NCC1(N(C)C)CCOCC1)NCCOCC.I. The zero-order valence-electron chi connectivity index (χ0n) is 14.5. The van der Waals surface area contributed by atoms with Gasteiger partial charge in [0.05, 0.1) is 13.2 Å². The van der Waals surface area contributed by atoms with E-state index >= 15 is 0 Å². The summed E-state index contributed by atoms with van der Waals surface area (Å²) in [5.74, 6) is 0.866. The van der Waals surface area contributed by atoms with Crippen LogP contribution in [0.4, 0.5) is 0 Å². The van der Waals surface area contributed by atoms with Gasteiger partial charge in [-0.25, -0.2) is 0 Å². The minimum absolute atomic E-state index is 0. The number of aliphatic imine (C=N–C) groups is 1. The number of hydrogen-bond acceptors (Lipinski definition) is 4. The Morgan fingerprint density at radius 2 is 1.91 bits per heavy atom. The third kappa shape index (κ3) is 7.43. The summed E-state index contributed by atoms with van der Waals surface area (Å²) in [5, 5.41) is 6.60. The van der Waals surface area contributed by atoms with Crippen molar-refractivity contribution >= 4 is 29.9 Å². The largest absolute Gasteiger partial charge is 0.381 e. The summed E-state index contributed by atoms with van der Waals surface area (Å²) in [7, 11) is 4.27. The zero-order chi connectivity index (χ0) is 15.6. The second-order valence-electron chi connectivity index (χ2n) is 5.55. The molecule has 0 unspecified atom stereocenters. The Kier molecular flexibility index (Phi) is 12.3. The lowest BCUT2D eigenvalue weighted by Gasteiger charge is -2.41. The number of nitrogens with zero attached hydrogens (tertiary/aromatic N) is 2. The molecule has 1 heterocycles. The second kappa shape index (κ2) is 12.3. The Morgan fingerprint density at radius 1 is 1.23 bits per heavy atom. The topological polar surface area (TPSA) is 58.1 Å². The average Bonchev–Trinajstić information content (AvgIpc) is 2.50. The summed E-state index contributed by atoms with van der Waals surface area (Å²) >= 11 is 0. The molecule has 0 atom stereocenters. The van der Waals surface area contributed by atoms with E-state index in [4.69, 9.17) is 14.5 Å². The summed E-state index contributed by atoms with van der Waals surface area (Å²) in [4.78, 5) is 7.06. The van der Waals surface area contributed by atoms with E-state index in [-0.39, 0.29) is 29.5 Å². The van der Waals surface area contributed by atoms with E-state index in [9.17, 15) is 0 Å². The summed E-state index contributed by atoms with van der Waals surface area (Å²) in [6.07, 6.45) is 2.06. The van der Waals surface area contributed by atoms with Gasteiger partial charge in [0.1, 0.15) is 0 Å². The van der Waals surface area contributed by atoms with Gasteiger partial charge in [0, 0.05) is 38.4 Å². The number of nitrogens with one attached hydrogen (secondary N) is 2. The van der Waals surface area contributed by atoms with Crippen LogP contribution >= 0.6 is 24.0 Å². The number of ether oxygens (including phenoxy) is 2. The molecule has 2 N–H and O–H groups in total. The highest BCUT2D eigenvalue weighted by molar-refractivity contribution is 14.0. The van der Waals surface area contributed by atoms with Crippen LogP contribution in [0.2, 0.25) is 0 Å². The molecule has 0 spiro atoms. The number of hydrogen-bond donors (Lipinski definition) is 2. The third-order valence-corrected chi connectivity index (χ3v) is 3.99.